The maximum atomic E-state index is 13.3. The number of amides is 1. The Kier molecular flexibility index (Phi) is 4.55. The average Bonchev–Trinajstić information content (AvgIpc) is 2.17. The summed E-state index contributed by atoms with van der Waals surface area (Å²) in [5.74, 6) is -0.360. The highest BCUT2D eigenvalue weighted by Crippen LogP contribution is 2.14. The molecule has 0 fully saturated rings. The van der Waals surface area contributed by atoms with E-state index in [0.717, 1.165) is 0 Å². The molecule has 1 N–H and O–H groups in total. The molecular weight excluding hydrogens is 265 g/mol. The minimum absolute atomic E-state index is 0.123. The summed E-state index contributed by atoms with van der Waals surface area (Å²) < 4.78 is 18.6. The van der Waals surface area contributed by atoms with Gasteiger partial charge in [-0.3, -0.25) is 0 Å². The second-order valence-electron chi connectivity index (χ2n) is 2.81. The zero-order chi connectivity index (χ0) is 11.3. The molecule has 0 aliphatic heterocycles. The van der Waals surface area contributed by atoms with Crippen LogP contribution in [0.1, 0.15) is 12.5 Å². The van der Waals surface area contributed by atoms with Crippen molar-refractivity contribution < 1.29 is 13.9 Å². The summed E-state index contributed by atoms with van der Waals surface area (Å²) in [4.78, 5) is 10.9. The summed E-state index contributed by atoms with van der Waals surface area (Å²) in [6.45, 7) is 2.13. The van der Waals surface area contributed by atoms with E-state index >= 15 is 0 Å². The largest absolute Gasteiger partial charge is 0.450 e. The monoisotopic (exact) mass is 275 g/mol. The van der Waals surface area contributed by atoms with Crippen molar-refractivity contribution in [1.82, 2.24) is 5.32 Å². The van der Waals surface area contributed by atoms with E-state index in [4.69, 9.17) is 0 Å². The number of hydrogen-bond acceptors (Lipinski definition) is 2. The van der Waals surface area contributed by atoms with Crippen LogP contribution in [-0.4, -0.2) is 12.7 Å². The molecule has 82 valence electrons. The Labute approximate surface area is 95.7 Å². The van der Waals surface area contributed by atoms with Crippen LogP contribution in [0.3, 0.4) is 0 Å². The first kappa shape index (κ1) is 12.0. The van der Waals surface area contributed by atoms with Crippen LogP contribution in [0.5, 0.6) is 0 Å². The Morgan fingerprint density at radius 3 is 2.93 bits per heavy atom. The minimum atomic E-state index is -0.542. The molecule has 1 aromatic rings. The third-order valence-electron chi connectivity index (χ3n) is 1.71. The minimum Gasteiger partial charge on any atom is -0.450 e. The molecule has 1 rings (SSSR count). The SMILES string of the molecule is CCOC(=O)NCc1ccc(Br)cc1F. The number of carbonyl (C=O) groups excluding carboxylic acids is 1. The van der Waals surface area contributed by atoms with Crippen LogP contribution < -0.4 is 5.32 Å². The highest BCUT2D eigenvalue weighted by Gasteiger charge is 2.05. The van der Waals surface area contributed by atoms with Crippen LogP contribution in [0.2, 0.25) is 0 Å². The van der Waals surface area contributed by atoms with Gasteiger partial charge in [-0.15, -0.1) is 0 Å². The highest BCUT2D eigenvalue weighted by molar-refractivity contribution is 9.10. The lowest BCUT2D eigenvalue weighted by molar-refractivity contribution is 0.151. The fourth-order valence-electron chi connectivity index (χ4n) is 1.01. The zero-order valence-corrected chi connectivity index (χ0v) is 9.80. The van der Waals surface area contributed by atoms with E-state index in [9.17, 15) is 9.18 Å². The van der Waals surface area contributed by atoms with Crippen molar-refractivity contribution in [3.63, 3.8) is 0 Å². The molecule has 0 unspecified atom stereocenters. The number of alkyl carbamates (subject to hydrolysis) is 1. The highest BCUT2D eigenvalue weighted by atomic mass is 79.9. The summed E-state index contributed by atoms with van der Waals surface area (Å²) >= 11 is 3.15. The van der Waals surface area contributed by atoms with Gasteiger partial charge in [-0.05, 0) is 19.1 Å². The molecule has 0 saturated carbocycles. The van der Waals surface area contributed by atoms with Crippen molar-refractivity contribution in [1.29, 1.82) is 0 Å². The molecule has 0 atom stereocenters. The van der Waals surface area contributed by atoms with Crippen molar-refractivity contribution in [2.75, 3.05) is 6.61 Å². The summed E-state index contributed by atoms with van der Waals surface area (Å²) in [5.41, 5.74) is 0.422. The van der Waals surface area contributed by atoms with E-state index in [1.807, 2.05) is 0 Å². The van der Waals surface area contributed by atoms with Gasteiger partial charge in [0.2, 0.25) is 0 Å². The Bertz CT molecular complexity index is 357. The van der Waals surface area contributed by atoms with E-state index in [-0.39, 0.29) is 12.4 Å². The second-order valence-corrected chi connectivity index (χ2v) is 3.73. The Balaban J connectivity index is 2.54. The van der Waals surface area contributed by atoms with E-state index in [1.54, 1.807) is 19.1 Å². The van der Waals surface area contributed by atoms with Gasteiger partial charge in [-0.2, -0.15) is 0 Å². The molecule has 5 heteroatoms. The number of carbonyl (C=O) groups is 1. The fraction of sp³-hybridized carbons (Fsp3) is 0.300. The molecule has 0 bridgehead atoms. The summed E-state index contributed by atoms with van der Waals surface area (Å²) in [6, 6.07) is 4.67. The van der Waals surface area contributed by atoms with E-state index in [2.05, 4.69) is 26.0 Å². The van der Waals surface area contributed by atoms with Gasteiger partial charge < -0.3 is 10.1 Å². The van der Waals surface area contributed by atoms with Gasteiger partial charge in [0.15, 0.2) is 0 Å². The number of hydrogen-bond donors (Lipinski definition) is 1. The lowest BCUT2D eigenvalue weighted by atomic mass is 10.2. The maximum Gasteiger partial charge on any atom is 0.407 e. The Morgan fingerprint density at radius 2 is 2.33 bits per heavy atom. The number of benzene rings is 1. The number of rotatable bonds is 3. The Hall–Kier alpha value is -1.10. The molecule has 15 heavy (non-hydrogen) atoms. The smallest absolute Gasteiger partial charge is 0.407 e. The maximum absolute atomic E-state index is 13.3. The molecule has 0 spiro atoms. The summed E-state index contributed by atoms with van der Waals surface area (Å²) in [6.07, 6.45) is -0.542. The quantitative estimate of drug-likeness (QED) is 0.921. The summed E-state index contributed by atoms with van der Waals surface area (Å²) in [7, 11) is 0. The van der Waals surface area contributed by atoms with Gasteiger partial charge in [0.25, 0.3) is 0 Å². The van der Waals surface area contributed by atoms with Gasteiger partial charge in [-0.25, -0.2) is 9.18 Å². The third kappa shape index (κ3) is 3.87. The third-order valence-corrected chi connectivity index (χ3v) is 2.21. The fourth-order valence-corrected chi connectivity index (χ4v) is 1.35. The van der Waals surface area contributed by atoms with Gasteiger partial charge in [-0.1, -0.05) is 22.0 Å². The predicted molar refractivity (Wildman–Crippen MR) is 58.0 cm³/mol. The van der Waals surface area contributed by atoms with Gasteiger partial charge in [0.1, 0.15) is 5.82 Å². The lowest BCUT2D eigenvalue weighted by Gasteiger charge is -2.06. The molecule has 0 radical (unpaired) electrons. The predicted octanol–water partition coefficient (Wildman–Crippen LogP) is 2.83. The van der Waals surface area contributed by atoms with Crippen molar-refractivity contribution in [2.24, 2.45) is 0 Å². The van der Waals surface area contributed by atoms with Gasteiger partial charge >= 0.3 is 6.09 Å². The topological polar surface area (TPSA) is 38.3 Å². The molecule has 3 nitrogen and oxygen atoms in total. The molecule has 1 amide bonds. The molecule has 0 heterocycles. The molecule has 0 aliphatic carbocycles. The van der Waals surface area contributed by atoms with Crippen LogP contribution >= 0.6 is 15.9 Å². The van der Waals surface area contributed by atoms with E-state index < -0.39 is 6.09 Å². The van der Waals surface area contributed by atoms with Crippen molar-refractivity contribution in [2.45, 2.75) is 13.5 Å². The first-order valence-corrected chi connectivity index (χ1v) is 5.27. The van der Waals surface area contributed by atoms with Gasteiger partial charge in [0.05, 0.1) is 6.61 Å². The van der Waals surface area contributed by atoms with Crippen molar-refractivity contribution in [3.8, 4) is 0 Å². The Morgan fingerprint density at radius 1 is 1.60 bits per heavy atom. The summed E-state index contributed by atoms with van der Waals surface area (Å²) in [5, 5.41) is 2.44. The first-order valence-electron chi connectivity index (χ1n) is 4.48. The van der Waals surface area contributed by atoms with Crippen LogP contribution in [0.15, 0.2) is 22.7 Å². The number of nitrogens with one attached hydrogen (secondary N) is 1. The van der Waals surface area contributed by atoms with Crippen LogP contribution in [0.25, 0.3) is 0 Å². The second kappa shape index (κ2) is 5.70. The van der Waals surface area contributed by atoms with Crippen LogP contribution in [0.4, 0.5) is 9.18 Å². The van der Waals surface area contributed by atoms with E-state index in [1.165, 1.54) is 6.07 Å². The lowest BCUT2D eigenvalue weighted by Crippen LogP contribution is -2.24. The van der Waals surface area contributed by atoms with Crippen molar-refractivity contribution in [3.05, 3.63) is 34.1 Å². The average molecular weight is 276 g/mol. The number of ether oxygens (including phenoxy) is 1. The van der Waals surface area contributed by atoms with Crippen molar-refractivity contribution >= 4 is 22.0 Å². The first-order chi connectivity index (χ1) is 7.13. The molecule has 0 saturated heterocycles. The van der Waals surface area contributed by atoms with E-state index in [0.29, 0.717) is 16.6 Å². The molecule has 0 aliphatic rings. The number of halogens is 2. The van der Waals surface area contributed by atoms with Gasteiger partial charge in [0, 0.05) is 16.6 Å². The van der Waals surface area contributed by atoms with Crippen LogP contribution in [-0.2, 0) is 11.3 Å². The molecule has 1 aromatic carbocycles. The molecule has 0 aromatic heterocycles. The van der Waals surface area contributed by atoms with Crippen LogP contribution in [0, 0.1) is 5.82 Å². The molecular formula is C10H11BrFNO2. The normalized spacial score (nSPS) is 9.80. The standard InChI is InChI=1S/C10H11BrFNO2/c1-2-15-10(14)13-6-7-3-4-8(11)5-9(7)12/h3-5H,2,6H2,1H3,(H,13,14). The zero-order valence-electron chi connectivity index (χ0n) is 8.22.